The van der Waals surface area contributed by atoms with E-state index in [1.54, 1.807) is 4.90 Å². The minimum atomic E-state index is -0.795. The van der Waals surface area contributed by atoms with Crippen LogP contribution in [0.2, 0.25) is 0 Å². The molecule has 2 aromatic heterocycles. The number of nitrogens with zero attached hydrogens (tertiary/aromatic N) is 9. The lowest BCUT2D eigenvalue weighted by molar-refractivity contribution is -0.136. The van der Waals surface area contributed by atoms with E-state index in [-0.39, 0.29) is 88.4 Å². The first kappa shape index (κ1) is 54.4. The van der Waals surface area contributed by atoms with Crippen LogP contribution < -0.4 is 19.9 Å². The second kappa shape index (κ2) is 22.3. The van der Waals surface area contributed by atoms with E-state index in [1.165, 1.54) is 49.7 Å². The Hall–Kier alpha value is -7.17. The van der Waals surface area contributed by atoms with E-state index in [1.807, 2.05) is 37.8 Å². The Morgan fingerprint density at radius 3 is 2.23 bits per heavy atom. The summed E-state index contributed by atoms with van der Waals surface area (Å²) in [6, 6.07) is 10.5. The van der Waals surface area contributed by atoms with Gasteiger partial charge in [0.1, 0.15) is 46.8 Å². The van der Waals surface area contributed by atoms with Gasteiger partial charge in [0.05, 0.1) is 23.0 Å². The van der Waals surface area contributed by atoms with Gasteiger partial charge in [-0.3, -0.25) is 34.5 Å². The van der Waals surface area contributed by atoms with Crippen LogP contribution >= 0.6 is 0 Å². The summed E-state index contributed by atoms with van der Waals surface area (Å²) < 4.78 is 44.6. The van der Waals surface area contributed by atoms with Crippen LogP contribution in [0.4, 0.5) is 25.1 Å². The molecule has 7 aliphatic rings. The number of imide groups is 1. The van der Waals surface area contributed by atoms with E-state index < -0.39 is 23.3 Å². The summed E-state index contributed by atoms with van der Waals surface area (Å²) in [5.41, 5.74) is 1.95. The first-order chi connectivity index (χ1) is 39.0. The van der Waals surface area contributed by atoms with Crippen molar-refractivity contribution in [1.29, 1.82) is 0 Å². The molecule has 2 N–H and O–H groups in total. The van der Waals surface area contributed by atoms with Crippen molar-refractivity contribution in [2.24, 2.45) is 17.8 Å². The lowest BCUT2D eigenvalue weighted by Gasteiger charge is -2.42. The maximum atomic E-state index is 17.3. The molecule has 0 radical (unpaired) electrons. The lowest BCUT2D eigenvalue weighted by atomic mass is 9.82. The summed E-state index contributed by atoms with van der Waals surface area (Å²) in [5, 5.41) is 14.2. The molecule has 0 spiro atoms. The fraction of sp³-hybridized carbons (Fsp3) is 0.532. The second-order valence-electron chi connectivity index (χ2n) is 24.6. The van der Waals surface area contributed by atoms with Gasteiger partial charge in [-0.1, -0.05) is 18.1 Å². The van der Waals surface area contributed by atoms with Crippen LogP contribution in [0.1, 0.15) is 113 Å². The van der Waals surface area contributed by atoms with Gasteiger partial charge in [-0.15, -0.1) is 6.42 Å². The number of carbonyl (C=O) groups is 4. The molecule has 4 amide bonds. The predicted molar refractivity (Wildman–Crippen MR) is 303 cm³/mol. The third-order valence-corrected chi connectivity index (χ3v) is 18.2. The van der Waals surface area contributed by atoms with Gasteiger partial charge in [-0.05, 0) is 165 Å². The maximum absolute atomic E-state index is 17.3. The van der Waals surface area contributed by atoms with Crippen molar-refractivity contribution < 1.29 is 42.5 Å². The highest BCUT2D eigenvalue weighted by Crippen LogP contribution is 2.42. The zero-order chi connectivity index (χ0) is 56.3. The molecule has 81 heavy (non-hydrogen) atoms. The predicted octanol–water partition coefficient (Wildman–Crippen LogP) is 8.27. The van der Waals surface area contributed by atoms with Crippen LogP contribution in [0, 0.1) is 41.7 Å². The number of pyridine rings is 1. The number of aromatic hydroxyl groups is 1. The van der Waals surface area contributed by atoms with Gasteiger partial charge < -0.3 is 34.2 Å². The van der Waals surface area contributed by atoms with Crippen LogP contribution in [0.15, 0.2) is 48.7 Å². The van der Waals surface area contributed by atoms with E-state index in [0.29, 0.717) is 66.6 Å². The normalized spacial score (nSPS) is 22.7. The molecule has 426 valence electrons. The summed E-state index contributed by atoms with van der Waals surface area (Å²) in [6.45, 7) is 14.9. The number of phenols is 1. The van der Waals surface area contributed by atoms with Gasteiger partial charge in [0.2, 0.25) is 11.8 Å². The average Bonchev–Trinajstić information content (AvgIpc) is 4.19. The molecular weight excluding hydrogens is 1030 g/mol. The van der Waals surface area contributed by atoms with Crippen molar-refractivity contribution in [3.63, 3.8) is 0 Å². The van der Waals surface area contributed by atoms with Crippen LogP contribution in [-0.2, 0) is 20.9 Å². The lowest BCUT2D eigenvalue weighted by Crippen LogP contribution is -2.57. The number of rotatable bonds is 12. The number of halogens is 2. The average molecular weight is 1110 g/mol. The molecule has 2 bridgehead atoms. The number of benzene rings is 3. The fourth-order valence-corrected chi connectivity index (χ4v) is 14.1. The Balaban J connectivity index is 0.646. The van der Waals surface area contributed by atoms with E-state index >= 15 is 8.78 Å². The Morgan fingerprint density at radius 2 is 1.54 bits per heavy atom. The SMILES string of the molecule is C#Cc1c(F)ccc2cc(O)cc(-c3ncc4c(N5CC6CCC(C5)N6C(=O)OC(C)(C)C)nc(OCCN5CCC(CC6CCN(CC7CCN(c8cccc9c8CN(C8CCC(=O)NC8=O)C9=O)CC7)CC6)CC5)nc4c3F)c12. The molecule has 0 saturated carbocycles. The highest BCUT2D eigenvalue weighted by Gasteiger charge is 2.46. The van der Waals surface area contributed by atoms with Gasteiger partial charge in [0, 0.05) is 86.2 Å². The van der Waals surface area contributed by atoms with Crippen molar-refractivity contribution in [1.82, 2.24) is 39.9 Å². The topological polar surface area (TPSA) is 177 Å². The molecular formula is C62H72F2N10O7. The number of carbonyl (C=O) groups excluding carboxylic acids is 4. The number of ether oxygens (including phenoxy) is 2. The molecule has 5 aromatic rings. The molecule has 3 atom stereocenters. The molecule has 9 heterocycles. The molecule has 7 aliphatic heterocycles. The minimum Gasteiger partial charge on any atom is -0.508 e. The third-order valence-electron chi connectivity index (χ3n) is 18.2. The van der Waals surface area contributed by atoms with Gasteiger partial charge in [-0.25, -0.2) is 13.6 Å². The zero-order valence-corrected chi connectivity index (χ0v) is 46.6. The standard InChI is InChI=1S/C62H72F2N10O7/c1-5-44-49(63)12-9-40-30-43(75)31-46(53(40)44)55-54(64)56-47(32-65-55)57(72-34-41-10-11-42(35-72)74(41)61(79)81-62(2,3)4)68-60(67-56)80-28-27-69-21-15-37(16-22-69)29-38-17-23-70(24-18-38)33-39-19-25-71(26-20-39)50-8-6-7-45-48(50)36-73(59(45)78)51-13-14-52(76)66-58(51)77/h1,6-9,12,30-32,37-39,41-42,51,75H,10-11,13-29,33-36H2,2-4H3,(H,66,76,77). The number of likely N-dealkylation sites (tertiary alicyclic amines) is 2. The van der Waals surface area contributed by atoms with Crippen molar-refractivity contribution in [3.05, 3.63) is 77.0 Å². The molecule has 3 unspecified atom stereocenters. The number of hydrogen-bond donors (Lipinski definition) is 2. The van der Waals surface area contributed by atoms with Gasteiger partial charge >= 0.3 is 12.1 Å². The molecule has 17 nitrogen and oxygen atoms in total. The Morgan fingerprint density at radius 1 is 0.840 bits per heavy atom. The summed E-state index contributed by atoms with van der Waals surface area (Å²) in [5.74, 6) is 2.46. The van der Waals surface area contributed by atoms with E-state index in [9.17, 15) is 24.3 Å². The van der Waals surface area contributed by atoms with Crippen LogP contribution in [0.5, 0.6) is 11.8 Å². The Bertz CT molecular complexity index is 3310. The quantitative estimate of drug-likeness (QED) is 0.0902. The van der Waals surface area contributed by atoms with E-state index in [4.69, 9.17) is 20.9 Å². The van der Waals surface area contributed by atoms with E-state index in [0.717, 1.165) is 102 Å². The number of nitrogens with one attached hydrogen (secondary N) is 1. The van der Waals surface area contributed by atoms with Crippen molar-refractivity contribution in [2.45, 2.75) is 122 Å². The molecule has 0 aliphatic carbocycles. The summed E-state index contributed by atoms with van der Waals surface area (Å²) in [6.07, 6.45) is 17.2. The van der Waals surface area contributed by atoms with Gasteiger partial charge in [-0.2, -0.15) is 9.97 Å². The number of anilines is 2. The minimum absolute atomic E-state index is 0.00804. The number of amides is 4. The first-order valence-electron chi connectivity index (χ1n) is 29.2. The summed E-state index contributed by atoms with van der Waals surface area (Å²) in [7, 11) is 0. The number of fused-ring (bicyclic) bond motifs is 5. The first-order valence-corrected chi connectivity index (χ1v) is 29.2. The van der Waals surface area contributed by atoms with Crippen molar-refractivity contribution in [3.8, 4) is 35.4 Å². The largest absolute Gasteiger partial charge is 0.508 e. The number of phenolic OH excluding ortho intramolecular Hbond substituents is 1. The molecule has 6 saturated heterocycles. The number of aromatic nitrogens is 3. The molecule has 12 rings (SSSR count). The monoisotopic (exact) mass is 1110 g/mol. The molecule has 6 fully saturated rings. The van der Waals surface area contributed by atoms with Gasteiger partial charge in [0.15, 0.2) is 5.82 Å². The molecule has 3 aromatic carbocycles. The van der Waals surface area contributed by atoms with Crippen LogP contribution in [0.3, 0.4) is 0 Å². The maximum Gasteiger partial charge on any atom is 0.410 e. The number of terminal acetylenes is 1. The fourth-order valence-electron chi connectivity index (χ4n) is 14.1. The van der Waals surface area contributed by atoms with Crippen LogP contribution in [0.25, 0.3) is 32.9 Å². The number of piperidine rings is 4. The Labute approximate surface area is 471 Å². The Kier molecular flexibility index (Phi) is 15.0. The third kappa shape index (κ3) is 11.1. The van der Waals surface area contributed by atoms with Gasteiger partial charge in [0.25, 0.3) is 5.91 Å². The summed E-state index contributed by atoms with van der Waals surface area (Å²) >= 11 is 0. The molecule has 19 heteroatoms. The smallest absolute Gasteiger partial charge is 0.410 e. The van der Waals surface area contributed by atoms with Crippen molar-refractivity contribution >= 4 is 57.0 Å². The van der Waals surface area contributed by atoms with Crippen LogP contribution in [-0.4, -0.2) is 159 Å². The summed E-state index contributed by atoms with van der Waals surface area (Å²) in [4.78, 5) is 78.5. The highest BCUT2D eigenvalue weighted by atomic mass is 19.1. The number of hydrogen-bond acceptors (Lipinski definition) is 14. The second-order valence-corrected chi connectivity index (χ2v) is 24.6. The highest BCUT2D eigenvalue weighted by molar-refractivity contribution is 6.06. The van der Waals surface area contributed by atoms with E-state index in [2.05, 4.69) is 46.9 Å². The number of piperazine rings is 1. The van der Waals surface area contributed by atoms with Crippen molar-refractivity contribution in [2.75, 3.05) is 81.9 Å². The zero-order valence-electron chi connectivity index (χ0n) is 46.6.